The number of ether oxygens (including phenoxy) is 3. The van der Waals surface area contributed by atoms with Gasteiger partial charge in [-0.2, -0.15) is 4.99 Å². The van der Waals surface area contributed by atoms with Crippen molar-refractivity contribution >= 4 is 18.0 Å². The standard InChI is InChI=1S/C12H17N3O5/c1-4-19-10(16)6-8-13-9(7-11(17)20-5-2)15-12(14-8)18-3/h6-7,13H,4-5H2,1-3H3,(H,14,15). The average molecular weight is 283 g/mol. The van der Waals surface area contributed by atoms with Crippen LogP contribution in [0.15, 0.2) is 28.8 Å². The molecular weight excluding hydrogens is 266 g/mol. The van der Waals surface area contributed by atoms with E-state index < -0.39 is 11.9 Å². The number of rotatable bonds is 4. The molecule has 0 fully saturated rings. The SMILES string of the molecule is CCOC(=O)C=C1N=C(OC)NC(=CC(=O)OCC)N1. The largest absolute Gasteiger partial charge is 0.468 e. The van der Waals surface area contributed by atoms with Gasteiger partial charge in [0.1, 0.15) is 11.6 Å². The Morgan fingerprint density at radius 3 is 2.25 bits per heavy atom. The molecule has 0 atom stereocenters. The van der Waals surface area contributed by atoms with E-state index in [1.54, 1.807) is 13.8 Å². The van der Waals surface area contributed by atoms with Crippen LogP contribution in [-0.2, 0) is 23.8 Å². The van der Waals surface area contributed by atoms with Gasteiger partial charge in [-0.3, -0.25) is 5.32 Å². The predicted molar refractivity (Wildman–Crippen MR) is 70.1 cm³/mol. The molecule has 1 heterocycles. The first-order valence-corrected chi connectivity index (χ1v) is 6.02. The molecule has 20 heavy (non-hydrogen) atoms. The Hall–Kier alpha value is -2.51. The molecule has 0 saturated carbocycles. The second-order valence-corrected chi connectivity index (χ2v) is 3.46. The van der Waals surface area contributed by atoms with E-state index in [2.05, 4.69) is 15.6 Å². The molecule has 0 aliphatic carbocycles. The van der Waals surface area contributed by atoms with E-state index >= 15 is 0 Å². The van der Waals surface area contributed by atoms with E-state index in [1.165, 1.54) is 13.2 Å². The second kappa shape index (κ2) is 7.82. The third-order valence-electron chi connectivity index (χ3n) is 2.01. The number of amidine groups is 1. The first-order chi connectivity index (χ1) is 9.58. The summed E-state index contributed by atoms with van der Waals surface area (Å²) in [5, 5.41) is 5.45. The van der Waals surface area contributed by atoms with Gasteiger partial charge in [0, 0.05) is 0 Å². The van der Waals surface area contributed by atoms with Crippen molar-refractivity contribution in [3.05, 3.63) is 23.8 Å². The molecule has 0 aromatic carbocycles. The Morgan fingerprint density at radius 2 is 1.70 bits per heavy atom. The van der Waals surface area contributed by atoms with Gasteiger partial charge in [0.2, 0.25) is 0 Å². The van der Waals surface area contributed by atoms with Crippen LogP contribution in [0.1, 0.15) is 13.8 Å². The minimum atomic E-state index is -0.549. The fourth-order valence-electron chi connectivity index (χ4n) is 1.28. The molecule has 1 aliphatic heterocycles. The number of nitrogens with one attached hydrogen (secondary N) is 2. The Bertz CT molecular complexity index is 468. The maximum Gasteiger partial charge on any atom is 0.334 e. The molecule has 0 aromatic rings. The van der Waals surface area contributed by atoms with Crippen molar-refractivity contribution in [2.75, 3.05) is 20.3 Å². The topological polar surface area (TPSA) is 98.3 Å². The van der Waals surface area contributed by atoms with Gasteiger partial charge < -0.3 is 19.5 Å². The van der Waals surface area contributed by atoms with Crippen LogP contribution in [0.4, 0.5) is 0 Å². The van der Waals surface area contributed by atoms with Gasteiger partial charge in [0.15, 0.2) is 0 Å². The van der Waals surface area contributed by atoms with E-state index in [0.29, 0.717) is 0 Å². The zero-order chi connectivity index (χ0) is 15.0. The molecule has 1 rings (SSSR count). The smallest absolute Gasteiger partial charge is 0.334 e. The number of esters is 2. The summed E-state index contributed by atoms with van der Waals surface area (Å²) >= 11 is 0. The first kappa shape index (κ1) is 15.5. The van der Waals surface area contributed by atoms with Gasteiger partial charge in [0.25, 0.3) is 6.02 Å². The lowest BCUT2D eigenvalue weighted by Gasteiger charge is -2.19. The summed E-state index contributed by atoms with van der Waals surface area (Å²) in [6, 6.07) is 0.134. The van der Waals surface area contributed by atoms with Gasteiger partial charge in [0.05, 0.1) is 32.5 Å². The lowest BCUT2D eigenvalue weighted by molar-refractivity contribution is -0.138. The lowest BCUT2D eigenvalue weighted by atomic mass is 10.4. The highest BCUT2D eigenvalue weighted by Gasteiger charge is 2.15. The van der Waals surface area contributed by atoms with Crippen molar-refractivity contribution in [3.8, 4) is 0 Å². The molecule has 0 unspecified atom stereocenters. The minimum Gasteiger partial charge on any atom is -0.468 e. The van der Waals surface area contributed by atoms with Crippen LogP contribution in [0.25, 0.3) is 0 Å². The quantitative estimate of drug-likeness (QED) is 0.553. The Kier molecular flexibility index (Phi) is 6.08. The molecule has 8 nitrogen and oxygen atoms in total. The molecular formula is C12H17N3O5. The van der Waals surface area contributed by atoms with Gasteiger partial charge in [-0.15, -0.1) is 0 Å². The molecule has 0 spiro atoms. The summed E-state index contributed by atoms with van der Waals surface area (Å²) in [6.45, 7) is 3.92. The van der Waals surface area contributed by atoms with Crippen LogP contribution >= 0.6 is 0 Å². The van der Waals surface area contributed by atoms with Crippen molar-refractivity contribution in [2.24, 2.45) is 4.99 Å². The lowest BCUT2D eigenvalue weighted by Crippen LogP contribution is -2.38. The third-order valence-corrected chi connectivity index (χ3v) is 2.01. The Balaban J connectivity index is 2.87. The maximum absolute atomic E-state index is 11.4. The number of carbonyl (C=O) groups is 2. The summed E-state index contributed by atoms with van der Waals surface area (Å²) in [5.74, 6) is -0.609. The summed E-state index contributed by atoms with van der Waals surface area (Å²) < 4.78 is 14.5. The fraction of sp³-hybridized carbons (Fsp3) is 0.417. The van der Waals surface area contributed by atoms with Gasteiger partial charge in [-0.25, -0.2) is 9.59 Å². The number of methoxy groups -OCH3 is 1. The molecule has 8 heteroatoms. The molecule has 110 valence electrons. The molecule has 0 radical (unpaired) electrons. The number of nitrogens with zero attached hydrogens (tertiary/aromatic N) is 1. The first-order valence-electron chi connectivity index (χ1n) is 6.02. The van der Waals surface area contributed by atoms with E-state index in [1.807, 2.05) is 0 Å². The minimum absolute atomic E-state index is 0.134. The van der Waals surface area contributed by atoms with Crippen molar-refractivity contribution < 1.29 is 23.8 Å². The van der Waals surface area contributed by atoms with Crippen LogP contribution in [0.2, 0.25) is 0 Å². The number of hydrogen-bond acceptors (Lipinski definition) is 8. The summed E-state index contributed by atoms with van der Waals surface area (Å²) in [5.41, 5.74) is 0. The molecule has 0 aromatic heterocycles. The number of aliphatic imine (C=N–C) groups is 1. The van der Waals surface area contributed by atoms with E-state index in [-0.39, 0.29) is 30.9 Å². The van der Waals surface area contributed by atoms with Crippen molar-refractivity contribution in [1.29, 1.82) is 0 Å². The van der Waals surface area contributed by atoms with Gasteiger partial charge in [-0.05, 0) is 13.8 Å². The normalized spacial score (nSPS) is 17.9. The molecule has 0 saturated heterocycles. The second-order valence-electron chi connectivity index (χ2n) is 3.46. The van der Waals surface area contributed by atoms with E-state index in [0.717, 1.165) is 6.08 Å². The van der Waals surface area contributed by atoms with Gasteiger partial charge >= 0.3 is 11.9 Å². The van der Waals surface area contributed by atoms with Crippen LogP contribution in [-0.4, -0.2) is 38.3 Å². The fourth-order valence-corrected chi connectivity index (χ4v) is 1.28. The monoisotopic (exact) mass is 283 g/mol. The van der Waals surface area contributed by atoms with Gasteiger partial charge in [-0.1, -0.05) is 0 Å². The predicted octanol–water partition coefficient (Wildman–Crippen LogP) is -0.00940. The van der Waals surface area contributed by atoms with Crippen molar-refractivity contribution in [2.45, 2.75) is 13.8 Å². The number of carbonyl (C=O) groups excluding carboxylic acids is 2. The number of hydrogen-bond donors (Lipinski definition) is 2. The van der Waals surface area contributed by atoms with Crippen LogP contribution in [0.3, 0.4) is 0 Å². The van der Waals surface area contributed by atoms with Crippen molar-refractivity contribution in [3.63, 3.8) is 0 Å². The highest BCUT2D eigenvalue weighted by Crippen LogP contribution is 2.04. The molecule has 0 bridgehead atoms. The van der Waals surface area contributed by atoms with Crippen LogP contribution in [0, 0.1) is 0 Å². The summed E-state index contributed by atoms with van der Waals surface area (Å²) in [6.07, 6.45) is 2.35. The molecule has 2 N–H and O–H groups in total. The zero-order valence-corrected chi connectivity index (χ0v) is 11.6. The average Bonchev–Trinajstić information content (AvgIpc) is 2.38. The molecule has 0 amide bonds. The summed E-state index contributed by atoms with van der Waals surface area (Å²) in [4.78, 5) is 26.7. The van der Waals surface area contributed by atoms with Crippen LogP contribution in [0.5, 0.6) is 0 Å². The van der Waals surface area contributed by atoms with E-state index in [9.17, 15) is 9.59 Å². The Labute approximate surface area is 116 Å². The highest BCUT2D eigenvalue weighted by atomic mass is 16.5. The Morgan fingerprint density at radius 1 is 1.10 bits per heavy atom. The maximum atomic E-state index is 11.4. The van der Waals surface area contributed by atoms with Crippen molar-refractivity contribution in [1.82, 2.24) is 10.6 Å². The molecule has 1 aliphatic rings. The summed E-state index contributed by atoms with van der Waals surface area (Å²) in [7, 11) is 1.40. The van der Waals surface area contributed by atoms with Crippen LogP contribution < -0.4 is 10.6 Å². The van der Waals surface area contributed by atoms with E-state index in [4.69, 9.17) is 14.2 Å². The zero-order valence-electron chi connectivity index (χ0n) is 11.6. The highest BCUT2D eigenvalue weighted by molar-refractivity contribution is 5.87. The third kappa shape index (κ3) is 5.01.